The summed E-state index contributed by atoms with van der Waals surface area (Å²) in [6.07, 6.45) is 1.94. The zero-order valence-corrected chi connectivity index (χ0v) is 11.6. The molecule has 0 fully saturated rings. The average Bonchev–Trinajstić information content (AvgIpc) is 2.88. The number of ether oxygens (including phenoxy) is 1. The molecule has 1 heterocycles. The molecule has 100 valence electrons. The summed E-state index contributed by atoms with van der Waals surface area (Å²) in [6.45, 7) is 1.95. The van der Waals surface area contributed by atoms with Crippen molar-refractivity contribution in [3.8, 4) is 17.1 Å². The SMILES string of the molecule is COc1cc(-c2cc(C(=O)O)no2)c(SC)cc1C. The average molecular weight is 279 g/mol. The first-order chi connectivity index (χ1) is 9.06. The summed E-state index contributed by atoms with van der Waals surface area (Å²) in [6, 6.07) is 5.21. The van der Waals surface area contributed by atoms with Crippen molar-refractivity contribution in [1.82, 2.24) is 5.16 Å². The fourth-order valence-electron chi connectivity index (χ4n) is 1.75. The van der Waals surface area contributed by atoms with Crippen LogP contribution in [0.1, 0.15) is 16.1 Å². The second kappa shape index (κ2) is 5.36. The predicted octanol–water partition coefficient (Wildman–Crippen LogP) is 3.08. The van der Waals surface area contributed by atoms with Crippen molar-refractivity contribution in [2.75, 3.05) is 13.4 Å². The highest BCUT2D eigenvalue weighted by Gasteiger charge is 2.16. The topological polar surface area (TPSA) is 72.6 Å². The van der Waals surface area contributed by atoms with E-state index in [0.717, 1.165) is 21.8 Å². The minimum Gasteiger partial charge on any atom is -0.496 e. The van der Waals surface area contributed by atoms with Crippen LogP contribution in [0.4, 0.5) is 0 Å². The standard InChI is InChI=1S/C13H13NO4S/c1-7-4-12(19-3)8(5-10(7)17-2)11-6-9(13(15)16)14-18-11/h4-6H,1-3H3,(H,15,16). The van der Waals surface area contributed by atoms with Gasteiger partial charge >= 0.3 is 5.97 Å². The lowest BCUT2D eigenvalue weighted by atomic mass is 10.1. The number of nitrogens with zero attached hydrogens (tertiary/aromatic N) is 1. The van der Waals surface area contributed by atoms with Gasteiger partial charge in [0.05, 0.1) is 7.11 Å². The highest BCUT2D eigenvalue weighted by Crippen LogP contribution is 2.35. The summed E-state index contributed by atoms with van der Waals surface area (Å²) in [5.74, 6) is 0.0286. The number of rotatable bonds is 4. The van der Waals surface area contributed by atoms with Crippen molar-refractivity contribution in [3.05, 3.63) is 29.5 Å². The minimum atomic E-state index is -1.11. The number of hydrogen-bond acceptors (Lipinski definition) is 5. The molecule has 0 saturated heterocycles. The normalized spacial score (nSPS) is 10.5. The molecule has 0 aliphatic carbocycles. The molecule has 0 bridgehead atoms. The van der Waals surface area contributed by atoms with Crippen LogP contribution in [0.5, 0.6) is 5.75 Å². The second-order valence-corrected chi connectivity index (χ2v) is 4.75. The van der Waals surface area contributed by atoms with Gasteiger partial charge in [0.15, 0.2) is 11.5 Å². The fraction of sp³-hybridized carbons (Fsp3) is 0.231. The van der Waals surface area contributed by atoms with E-state index in [0.29, 0.717) is 5.76 Å². The molecule has 0 radical (unpaired) electrons. The van der Waals surface area contributed by atoms with Gasteiger partial charge in [-0.3, -0.25) is 0 Å². The zero-order chi connectivity index (χ0) is 14.0. The molecule has 0 saturated carbocycles. The molecule has 2 aromatic rings. The van der Waals surface area contributed by atoms with Crippen molar-refractivity contribution >= 4 is 17.7 Å². The Labute approximate surface area is 114 Å². The number of carbonyl (C=O) groups is 1. The van der Waals surface area contributed by atoms with Crippen LogP contribution < -0.4 is 4.74 Å². The van der Waals surface area contributed by atoms with Crippen LogP contribution >= 0.6 is 11.8 Å². The fourth-order valence-corrected chi connectivity index (χ4v) is 2.42. The predicted molar refractivity (Wildman–Crippen MR) is 72.0 cm³/mol. The molecule has 5 nitrogen and oxygen atoms in total. The van der Waals surface area contributed by atoms with E-state index < -0.39 is 5.97 Å². The van der Waals surface area contributed by atoms with Crippen molar-refractivity contribution in [2.24, 2.45) is 0 Å². The number of aromatic nitrogens is 1. The third-order valence-corrected chi connectivity index (χ3v) is 3.49. The molecule has 1 aromatic carbocycles. The molecule has 19 heavy (non-hydrogen) atoms. The van der Waals surface area contributed by atoms with Gasteiger partial charge in [-0.25, -0.2) is 4.79 Å². The van der Waals surface area contributed by atoms with Gasteiger partial charge in [-0.05, 0) is 30.9 Å². The monoisotopic (exact) mass is 279 g/mol. The maximum Gasteiger partial charge on any atom is 0.358 e. The van der Waals surface area contributed by atoms with E-state index in [-0.39, 0.29) is 5.69 Å². The number of hydrogen-bond donors (Lipinski definition) is 1. The van der Waals surface area contributed by atoms with Gasteiger partial charge in [0.1, 0.15) is 5.75 Å². The van der Waals surface area contributed by atoms with Crippen molar-refractivity contribution in [3.63, 3.8) is 0 Å². The van der Waals surface area contributed by atoms with E-state index in [4.69, 9.17) is 14.4 Å². The Balaban J connectivity index is 2.55. The Morgan fingerprint density at radius 2 is 2.16 bits per heavy atom. The lowest BCUT2D eigenvalue weighted by Crippen LogP contribution is -1.94. The quantitative estimate of drug-likeness (QED) is 0.867. The smallest absolute Gasteiger partial charge is 0.358 e. The number of aryl methyl sites for hydroxylation is 1. The van der Waals surface area contributed by atoms with Gasteiger partial charge in [0.2, 0.25) is 0 Å². The van der Waals surface area contributed by atoms with Gasteiger partial charge in [-0.1, -0.05) is 5.16 Å². The number of aromatic carboxylic acids is 1. The number of carboxylic acid groups (broad SMARTS) is 1. The highest BCUT2D eigenvalue weighted by atomic mass is 32.2. The summed E-state index contributed by atoms with van der Waals surface area (Å²) < 4.78 is 10.4. The Bertz CT molecular complexity index is 621. The van der Waals surface area contributed by atoms with Gasteiger partial charge < -0.3 is 14.4 Å². The Kier molecular flexibility index (Phi) is 3.80. The van der Waals surface area contributed by atoms with E-state index in [1.807, 2.05) is 25.3 Å². The van der Waals surface area contributed by atoms with Crippen molar-refractivity contribution < 1.29 is 19.2 Å². The molecular formula is C13H13NO4S. The van der Waals surface area contributed by atoms with Gasteiger partial charge in [-0.2, -0.15) is 0 Å². The van der Waals surface area contributed by atoms with Gasteiger partial charge in [0, 0.05) is 16.5 Å². The van der Waals surface area contributed by atoms with Crippen LogP contribution in [0.2, 0.25) is 0 Å². The molecule has 1 N–H and O–H groups in total. The van der Waals surface area contributed by atoms with Gasteiger partial charge in [-0.15, -0.1) is 11.8 Å². The molecular weight excluding hydrogens is 266 g/mol. The van der Waals surface area contributed by atoms with Crippen LogP contribution in [0.15, 0.2) is 27.6 Å². The summed E-state index contributed by atoms with van der Waals surface area (Å²) >= 11 is 1.55. The number of thioether (sulfide) groups is 1. The van der Waals surface area contributed by atoms with Crippen LogP contribution in [0.3, 0.4) is 0 Å². The van der Waals surface area contributed by atoms with E-state index in [1.54, 1.807) is 18.9 Å². The molecule has 6 heteroatoms. The molecule has 0 spiro atoms. The first-order valence-corrected chi connectivity index (χ1v) is 6.72. The van der Waals surface area contributed by atoms with Crippen LogP contribution in [-0.4, -0.2) is 29.6 Å². The largest absolute Gasteiger partial charge is 0.496 e. The third kappa shape index (κ3) is 2.58. The third-order valence-electron chi connectivity index (χ3n) is 2.71. The summed E-state index contributed by atoms with van der Waals surface area (Å²) in [5, 5.41) is 12.4. The van der Waals surface area contributed by atoms with Crippen LogP contribution in [-0.2, 0) is 0 Å². The summed E-state index contributed by atoms with van der Waals surface area (Å²) in [7, 11) is 1.59. The lowest BCUT2D eigenvalue weighted by molar-refractivity contribution is 0.0686. The van der Waals surface area contributed by atoms with Crippen molar-refractivity contribution in [1.29, 1.82) is 0 Å². The van der Waals surface area contributed by atoms with E-state index >= 15 is 0 Å². The maximum absolute atomic E-state index is 10.8. The Morgan fingerprint density at radius 1 is 1.42 bits per heavy atom. The maximum atomic E-state index is 10.8. The van der Waals surface area contributed by atoms with Crippen molar-refractivity contribution in [2.45, 2.75) is 11.8 Å². The summed E-state index contributed by atoms with van der Waals surface area (Å²) in [4.78, 5) is 11.8. The van der Waals surface area contributed by atoms with E-state index in [1.165, 1.54) is 6.07 Å². The Hall–Kier alpha value is -1.95. The highest BCUT2D eigenvalue weighted by molar-refractivity contribution is 7.98. The molecule has 0 aliphatic heterocycles. The second-order valence-electron chi connectivity index (χ2n) is 3.90. The van der Waals surface area contributed by atoms with E-state index in [9.17, 15) is 4.79 Å². The van der Waals surface area contributed by atoms with Crippen LogP contribution in [0.25, 0.3) is 11.3 Å². The molecule has 0 aliphatic rings. The zero-order valence-electron chi connectivity index (χ0n) is 10.8. The Morgan fingerprint density at radius 3 is 2.68 bits per heavy atom. The van der Waals surface area contributed by atoms with Gasteiger partial charge in [0.25, 0.3) is 0 Å². The van der Waals surface area contributed by atoms with Crippen LogP contribution in [0, 0.1) is 6.92 Å². The molecule has 0 unspecified atom stereocenters. The molecule has 2 rings (SSSR count). The number of methoxy groups -OCH3 is 1. The minimum absolute atomic E-state index is 0.110. The molecule has 1 aromatic heterocycles. The first-order valence-electron chi connectivity index (χ1n) is 5.49. The molecule has 0 amide bonds. The number of carboxylic acids is 1. The summed E-state index contributed by atoms with van der Waals surface area (Å²) in [5.41, 5.74) is 1.67. The molecule has 0 atom stereocenters. The first kappa shape index (κ1) is 13.5. The lowest BCUT2D eigenvalue weighted by Gasteiger charge is -2.10. The van der Waals surface area contributed by atoms with E-state index in [2.05, 4.69) is 5.16 Å². The number of benzene rings is 1.